The lowest BCUT2D eigenvalue weighted by Crippen LogP contribution is -2.24. The third kappa shape index (κ3) is 1.72. The van der Waals surface area contributed by atoms with Crippen LogP contribution in [0.25, 0.3) is 0 Å². The van der Waals surface area contributed by atoms with E-state index in [4.69, 9.17) is 5.73 Å². The molecule has 0 saturated carbocycles. The summed E-state index contributed by atoms with van der Waals surface area (Å²) in [6.45, 7) is 0.699. The van der Waals surface area contributed by atoms with Crippen molar-refractivity contribution in [2.45, 2.75) is 11.2 Å². The molecule has 1 aliphatic rings. The van der Waals surface area contributed by atoms with Gasteiger partial charge in [0.1, 0.15) is 5.82 Å². The molecule has 14 heavy (non-hydrogen) atoms. The third-order valence-corrected chi connectivity index (χ3v) is 2.77. The highest BCUT2D eigenvalue weighted by Crippen LogP contribution is 2.24. The van der Waals surface area contributed by atoms with E-state index in [1.54, 1.807) is 17.2 Å². The SMILES string of the molecule is Nc1ccc(N2CC(Br)CC2=O)cn1. The van der Waals surface area contributed by atoms with Crippen LogP contribution in [0.3, 0.4) is 0 Å². The van der Waals surface area contributed by atoms with Crippen molar-refractivity contribution in [1.29, 1.82) is 0 Å². The molecule has 2 rings (SSSR count). The second-order valence-corrected chi connectivity index (χ2v) is 4.54. The quantitative estimate of drug-likeness (QED) is 0.767. The first-order valence-corrected chi connectivity index (χ1v) is 5.24. The van der Waals surface area contributed by atoms with Crippen molar-refractivity contribution < 1.29 is 4.79 Å². The molecule has 1 unspecified atom stereocenters. The maximum absolute atomic E-state index is 11.5. The molecule has 0 spiro atoms. The van der Waals surface area contributed by atoms with Gasteiger partial charge in [0.25, 0.3) is 0 Å². The van der Waals surface area contributed by atoms with Crippen LogP contribution in [0.1, 0.15) is 6.42 Å². The summed E-state index contributed by atoms with van der Waals surface area (Å²) in [4.78, 5) is 17.4. The highest BCUT2D eigenvalue weighted by molar-refractivity contribution is 9.09. The van der Waals surface area contributed by atoms with Gasteiger partial charge in [-0.15, -0.1) is 0 Å². The molecule has 1 aliphatic heterocycles. The Hall–Kier alpha value is -1.10. The van der Waals surface area contributed by atoms with Crippen molar-refractivity contribution in [3.8, 4) is 0 Å². The van der Waals surface area contributed by atoms with Crippen LogP contribution < -0.4 is 10.6 Å². The molecule has 1 aromatic heterocycles. The van der Waals surface area contributed by atoms with Crippen LogP contribution in [-0.2, 0) is 4.79 Å². The number of nitrogens with two attached hydrogens (primary N) is 1. The van der Waals surface area contributed by atoms with Gasteiger partial charge >= 0.3 is 0 Å². The lowest BCUT2D eigenvalue weighted by molar-refractivity contribution is -0.117. The van der Waals surface area contributed by atoms with E-state index >= 15 is 0 Å². The molecule has 2 heterocycles. The number of amides is 1. The van der Waals surface area contributed by atoms with Crippen LogP contribution in [0.15, 0.2) is 18.3 Å². The van der Waals surface area contributed by atoms with E-state index in [1.807, 2.05) is 6.07 Å². The number of rotatable bonds is 1. The average molecular weight is 256 g/mol. The van der Waals surface area contributed by atoms with Crippen LogP contribution in [0, 0.1) is 0 Å². The predicted molar refractivity (Wildman–Crippen MR) is 58.3 cm³/mol. The number of anilines is 2. The Kier molecular flexibility index (Phi) is 2.41. The van der Waals surface area contributed by atoms with E-state index in [2.05, 4.69) is 20.9 Å². The monoisotopic (exact) mass is 255 g/mol. The molecule has 1 fully saturated rings. The average Bonchev–Trinajstić information content (AvgIpc) is 2.47. The summed E-state index contributed by atoms with van der Waals surface area (Å²) in [6, 6.07) is 3.51. The Balaban J connectivity index is 2.23. The van der Waals surface area contributed by atoms with Gasteiger partial charge < -0.3 is 10.6 Å². The van der Waals surface area contributed by atoms with Gasteiger partial charge in [0.15, 0.2) is 0 Å². The standard InChI is InChI=1S/C9H10BrN3O/c10-6-3-9(14)13(5-6)7-1-2-8(11)12-4-7/h1-2,4,6H,3,5H2,(H2,11,12). The lowest BCUT2D eigenvalue weighted by atomic mass is 10.3. The van der Waals surface area contributed by atoms with Gasteiger partial charge in [0.05, 0.1) is 11.9 Å². The summed E-state index contributed by atoms with van der Waals surface area (Å²) < 4.78 is 0. The number of hydrogen-bond acceptors (Lipinski definition) is 3. The highest BCUT2D eigenvalue weighted by atomic mass is 79.9. The number of alkyl halides is 1. The lowest BCUT2D eigenvalue weighted by Gasteiger charge is -2.15. The van der Waals surface area contributed by atoms with E-state index in [9.17, 15) is 4.79 Å². The number of nitrogen functional groups attached to an aromatic ring is 1. The van der Waals surface area contributed by atoms with Crippen molar-refractivity contribution in [2.75, 3.05) is 17.2 Å². The van der Waals surface area contributed by atoms with E-state index in [-0.39, 0.29) is 10.7 Å². The van der Waals surface area contributed by atoms with Crippen LogP contribution >= 0.6 is 15.9 Å². The smallest absolute Gasteiger partial charge is 0.228 e. The van der Waals surface area contributed by atoms with E-state index in [0.29, 0.717) is 18.8 Å². The van der Waals surface area contributed by atoms with Crippen LogP contribution in [0.5, 0.6) is 0 Å². The van der Waals surface area contributed by atoms with Gasteiger partial charge in [0, 0.05) is 17.8 Å². The molecule has 1 saturated heterocycles. The van der Waals surface area contributed by atoms with Crippen molar-refractivity contribution in [1.82, 2.24) is 4.98 Å². The van der Waals surface area contributed by atoms with Gasteiger partial charge in [-0.2, -0.15) is 0 Å². The van der Waals surface area contributed by atoms with Gasteiger partial charge in [-0.3, -0.25) is 4.79 Å². The Labute approximate surface area is 90.2 Å². The zero-order chi connectivity index (χ0) is 10.1. The molecule has 0 bridgehead atoms. The first kappa shape index (κ1) is 9.45. The minimum atomic E-state index is 0.124. The Bertz CT molecular complexity index is 352. The van der Waals surface area contributed by atoms with Crippen LogP contribution in [-0.4, -0.2) is 22.3 Å². The summed E-state index contributed by atoms with van der Waals surface area (Å²) in [5, 5.41) is 0. The molecule has 0 radical (unpaired) electrons. The maximum Gasteiger partial charge on any atom is 0.228 e. The van der Waals surface area contributed by atoms with Gasteiger partial charge in [-0.25, -0.2) is 4.98 Å². The fourth-order valence-corrected chi connectivity index (χ4v) is 2.04. The molecular weight excluding hydrogens is 246 g/mol. The topological polar surface area (TPSA) is 59.2 Å². The number of hydrogen-bond donors (Lipinski definition) is 1. The Morgan fingerprint density at radius 3 is 2.86 bits per heavy atom. The molecule has 1 amide bonds. The van der Waals surface area contributed by atoms with Crippen LogP contribution in [0.4, 0.5) is 11.5 Å². The molecular formula is C9H10BrN3O. The fraction of sp³-hybridized carbons (Fsp3) is 0.333. The summed E-state index contributed by atoms with van der Waals surface area (Å²) in [6.07, 6.45) is 2.17. The molecule has 4 nitrogen and oxygen atoms in total. The minimum absolute atomic E-state index is 0.124. The molecule has 0 aliphatic carbocycles. The fourth-order valence-electron chi connectivity index (χ4n) is 1.47. The van der Waals surface area contributed by atoms with Crippen LogP contribution in [0.2, 0.25) is 0 Å². The van der Waals surface area contributed by atoms with E-state index < -0.39 is 0 Å². The number of pyridine rings is 1. The Morgan fingerprint density at radius 2 is 2.36 bits per heavy atom. The minimum Gasteiger partial charge on any atom is -0.384 e. The Morgan fingerprint density at radius 1 is 1.57 bits per heavy atom. The molecule has 74 valence electrons. The normalized spacial score (nSPS) is 21.6. The number of nitrogens with zero attached hydrogens (tertiary/aromatic N) is 2. The van der Waals surface area contributed by atoms with E-state index in [1.165, 1.54) is 0 Å². The molecule has 1 aromatic rings. The number of carbonyl (C=O) groups is 1. The first-order chi connectivity index (χ1) is 6.66. The predicted octanol–water partition coefficient (Wildman–Crippen LogP) is 1.16. The summed E-state index contributed by atoms with van der Waals surface area (Å²) in [5.74, 6) is 0.592. The highest BCUT2D eigenvalue weighted by Gasteiger charge is 2.28. The molecule has 5 heteroatoms. The summed E-state index contributed by atoms with van der Waals surface area (Å²) in [7, 11) is 0. The van der Waals surface area contributed by atoms with Gasteiger partial charge in [0.2, 0.25) is 5.91 Å². The summed E-state index contributed by atoms with van der Waals surface area (Å²) >= 11 is 3.42. The molecule has 2 N–H and O–H groups in total. The van der Waals surface area contributed by atoms with E-state index in [0.717, 1.165) is 5.69 Å². The maximum atomic E-state index is 11.5. The number of halogens is 1. The number of aromatic nitrogens is 1. The summed E-state index contributed by atoms with van der Waals surface area (Å²) in [5.41, 5.74) is 6.27. The van der Waals surface area contributed by atoms with Crippen molar-refractivity contribution >= 4 is 33.3 Å². The van der Waals surface area contributed by atoms with Gasteiger partial charge in [-0.05, 0) is 12.1 Å². The largest absolute Gasteiger partial charge is 0.384 e. The molecule has 0 aromatic carbocycles. The second kappa shape index (κ2) is 3.57. The van der Waals surface area contributed by atoms with Crippen molar-refractivity contribution in [3.05, 3.63) is 18.3 Å². The van der Waals surface area contributed by atoms with Crippen molar-refractivity contribution in [3.63, 3.8) is 0 Å². The van der Waals surface area contributed by atoms with Gasteiger partial charge in [-0.1, -0.05) is 15.9 Å². The second-order valence-electron chi connectivity index (χ2n) is 3.25. The third-order valence-electron chi connectivity index (χ3n) is 2.16. The zero-order valence-corrected chi connectivity index (χ0v) is 9.07. The van der Waals surface area contributed by atoms with Crippen molar-refractivity contribution in [2.24, 2.45) is 0 Å². The number of carbonyl (C=O) groups excluding carboxylic acids is 1. The zero-order valence-electron chi connectivity index (χ0n) is 7.48. The molecule has 1 atom stereocenters. The first-order valence-electron chi connectivity index (χ1n) is 4.33.